The predicted octanol–water partition coefficient (Wildman–Crippen LogP) is 4.50. The fourth-order valence-electron chi connectivity index (χ4n) is 2.80. The van der Waals surface area contributed by atoms with Gasteiger partial charge in [0, 0.05) is 30.6 Å². The number of likely N-dealkylation sites (N-methyl/N-ethyl adjacent to an activating group) is 1. The second kappa shape index (κ2) is 9.71. The Labute approximate surface area is 180 Å². The molecule has 0 radical (unpaired) electrons. The summed E-state index contributed by atoms with van der Waals surface area (Å²) in [5, 5.41) is 7.80. The molecule has 1 amide bonds. The van der Waals surface area contributed by atoms with Crippen LogP contribution in [-0.2, 0) is 11.3 Å². The third-order valence-corrected chi connectivity index (χ3v) is 5.12. The quantitative estimate of drug-likeness (QED) is 0.534. The van der Waals surface area contributed by atoms with Gasteiger partial charge in [0.2, 0.25) is 5.91 Å². The van der Waals surface area contributed by atoms with Gasteiger partial charge >= 0.3 is 0 Å². The van der Waals surface area contributed by atoms with Crippen molar-refractivity contribution in [1.29, 1.82) is 0 Å². The van der Waals surface area contributed by atoms with Crippen molar-refractivity contribution in [1.82, 2.24) is 19.7 Å². The average molecular weight is 431 g/mol. The maximum absolute atomic E-state index is 12.5. The molecule has 0 aliphatic heterocycles. The molecule has 0 aliphatic rings. The van der Waals surface area contributed by atoms with E-state index in [2.05, 4.69) is 10.2 Å². The number of H-pyrrole nitrogens is 1. The highest BCUT2D eigenvalue weighted by Gasteiger charge is 2.13. The Morgan fingerprint density at radius 1 is 1.21 bits per heavy atom. The molecule has 152 valence electrons. The highest BCUT2D eigenvalue weighted by atomic mass is 35.5. The van der Waals surface area contributed by atoms with Crippen molar-refractivity contribution in [3.8, 4) is 17.1 Å². The number of hydrogen-bond acceptors (Lipinski definition) is 4. The summed E-state index contributed by atoms with van der Waals surface area (Å²) in [6.45, 7) is 3.39. The number of ether oxygens (including phenoxy) is 1. The zero-order valence-corrected chi connectivity index (χ0v) is 18.0. The topological polar surface area (TPSA) is 63.2 Å². The van der Waals surface area contributed by atoms with E-state index in [1.807, 2.05) is 35.8 Å². The maximum atomic E-state index is 12.5. The number of aromatic amines is 1. The summed E-state index contributed by atoms with van der Waals surface area (Å²) in [5.74, 6) is 1.47. The molecule has 0 atom stereocenters. The Hall–Kier alpha value is -2.64. The zero-order chi connectivity index (χ0) is 20.8. The van der Waals surface area contributed by atoms with E-state index < -0.39 is 0 Å². The van der Waals surface area contributed by atoms with E-state index >= 15 is 0 Å². The molecular formula is C21H23ClN4O2S. The summed E-state index contributed by atoms with van der Waals surface area (Å²) in [6, 6.07) is 15.2. The number of rotatable bonds is 8. The molecule has 0 unspecified atom stereocenters. The van der Waals surface area contributed by atoms with Gasteiger partial charge in [-0.15, -0.1) is 0 Å². The smallest absolute Gasteiger partial charge is 0.224 e. The lowest BCUT2D eigenvalue weighted by atomic mass is 10.1. The van der Waals surface area contributed by atoms with Crippen LogP contribution in [-0.4, -0.2) is 45.8 Å². The Kier molecular flexibility index (Phi) is 7.06. The second-order valence-corrected chi connectivity index (χ2v) is 7.56. The molecule has 0 saturated carbocycles. The van der Waals surface area contributed by atoms with Crippen LogP contribution in [0.1, 0.15) is 12.0 Å². The van der Waals surface area contributed by atoms with Gasteiger partial charge < -0.3 is 9.64 Å². The van der Waals surface area contributed by atoms with E-state index in [0.29, 0.717) is 35.9 Å². The summed E-state index contributed by atoms with van der Waals surface area (Å²) in [4.78, 5) is 14.2. The van der Waals surface area contributed by atoms with Gasteiger partial charge in [-0.3, -0.25) is 14.5 Å². The molecule has 29 heavy (non-hydrogen) atoms. The summed E-state index contributed by atoms with van der Waals surface area (Å²) in [5.41, 5.74) is 2.13. The first-order valence-corrected chi connectivity index (χ1v) is 10.1. The molecule has 0 fully saturated rings. The van der Waals surface area contributed by atoms with Crippen molar-refractivity contribution in [3.05, 3.63) is 63.9 Å². The first-order valence-electron chi connectivity index (χ1n) is 9.28. The molecule has 1 N–H and O–H groups in total. The predicted molar refractivity (Wildman–Crippen MR) is 117 cm³/mol. The van der Waals surface area contributed by atoms with Crippen molar-refractivity contribution in [2.75, 3.05) is 20.2 Å². The van der Waals surface area contributed by atoms with Crippen LogP contribution in [0.25, 0.3) is 11.4 Å². The Bertz CT molecular complexity index is 1010. The van der Waals surface area contributed by atoms with Crippen molar-refractivity contribution in [3.63, 3.8) is 0 Å². The third kappa shape index (κ3) is 5.68. The largest absolute Gasteiger partial charge is 0.492 e. The van der Waals surface area contributed by atoms with E-state index in [1.54, 1.807) is 36.2 Å². The number of nitrogens with zero attached hydrogens (tertiary/aromatic N) is 3. The Balaban J connectivity index is 1.53. The van der Waals surface area contributed by atoms with E-state index in [9.17, 15) is 4.79 Å². The van der Waals surface area contributed by atoms with Gasteiger partial charge in [0.15, 0.2) is 10.6 Å². The lowest BCUT2D eigenvalue weighted by molar-refractivity contribution is -0.130. The fourth-order valence-corrected chi connectivity index (χ4v) is 3.15. The lowest BCUT2D eigenvalue weighted by Crippen LogP contribution is -2.31. The highest BCUT2D eigenvalue weighted by Crippen LogP contribution is 2.18. The van der Waals surface area contributed by atoms with Crippen LogP contribution >= 0.6 is 23.8 Å². The normalized spacial score (nSPS) is 10.7. The number of aromatic nitrogens is 3. The van der Waals surface area contributed by atoms with Crippen LogP contribution in [0, 0.1) is 11.7 Å². The molecule has 8 heteroatoms. The molecule has 0 aliphatic carbocycles. The van der Waals surface area contributed by atoms with E-state index in [1.165, 1.54) is 5.56 Å². The number of carbonyl (C=O) groups excluding carboxylic acids is 1. The minimum absolute atomic E-state index is 0.0164. The van der Waals surface area contributed by atoms with Crippen LogP contribution in [0.15, 0.2) is 48.5 Å². The molecule has 0 spiro atoms. The van der Waals surface area contributed by atoms with Crippen molar-refractivity contribution in [2.45, 2.75) is 19.9 Å². The van der Waals surface area contributed by atoms with Crippen LogP contribution < -0.4 is 4.74 Å². The van der Waals surface area contributed by atoms with Gasteiger partial charge in [0.05, 0.1) is 6.54 Å². The molecule has 6 nitrogen and oxygen atoms in total. The summed E-state index contributed by atoms with van der Waals surface area (Å²) in [6.07, 6.45) is 0.324. The highest BCUT2D eigenvalue weighted by molar-refractivity contribution is 7.71. The first-order chi connectivity index (χ1) is 13.9. The van der Waals surface area contributed by atoms with E-state index in [-0.39, 0.29) is 5.91 Å². The standard InChI is InChI=1S/C21H23ClN4O2S/c1-15-3-5-16(6-4-15)20-23-24-21(29)26(20)12-11-19(27)25(2)13-14-28-18-9-7-17(22)8-10-18/h3-10H,11-14H2,1-2H3,(H,24,29). The number of halogens is 1. The van der Waals surface area contributed by atoms with Crippen molar-refractivity contribution >= 4 is 29.7 Å². The fraction of sp³-hybridized carbons (Fsp3) is 0.286. The first kappa shape index (κ1) is 21.1. The molecule has 0 bridgehead atoms. The van der Waals surface area contributed by atoms with Crippen LogP contribution in [0.4, 0.5) is 0 Å². The molecule has 3 aromatic rings. The van der Waals surface area contributed by atoms with Crippen LogP contribution in [0.3, 0.4) is 0 Å². The maximum Gasteiger partial charge on any atom is 0.224 e. The van der Waals surface area contributed by atoms with Gasteiger partial charge in [-0.25, -0.2) is 0 Å². The Morgan fingerprint density at radius 2 is 1.90 bits per heavy atom. The monoisotopic (exact) mass is 430 g/mol. The lowest BCUT2D eigenvalue weighted by Gasteiger charge is -2.18. The summed E-state index contributed by atoms with van der Waals surface area (Å²) < 4.78 is 8.01. The van der Waals surface area contributed by atoms with Gasteiger partial charge in [0.1, 0.15) is 12.4 Å². The van der Waals surface area contributed by atoms with Gasteiger partial charge in [-0.2, -0.15) is 5.10 Å². The zero-order valence-electron chi connectivity index (χ0n) is 16.4. The molecule has 3 rings (SSSR count). The number of benzene rings is 2. The SMILES string of the molecule is Cc1ccc(-c2n[nH]c(=S)n2CCC(=O)N(C)CCOc2ccc(Cl)cc2)cc1. The van der Waals surface area contributed by atoms with Gasteiger partial charge in [-0.05, 0) is 43.4 Å². The van der Waals surface area contributed by atoms with E-state index in [0.717, 1.165) is 17.1 Å². The second-order valence-electron chi connectivity index (χ2n) is 6.74. The van der Waals surface area contributed by atoms with Crippen molar-refractivity contribution < 1.29 is 9.53 Å². The number of carbonyl (C=O) groups is 1. The van der Waals surface area contributed by atoms with E-state index in [4.69, 9.17) is 28.6 Å². The molecule has 1 aromatic heterocycles. The van der Waals surface area contributed by atoms with Gasteiger partial charge in [-0.1, -0.05) is 41.4 Å². The average Bonchev–Trinajstić information content (AvgIpc) is 3.08. The third-order valence-electron chi connectivity index (χ3n) is 4.55. The number of hydrogen-bond donors (Lipinski definition) is 1. The molecule has 1 heterocycles. The summed E-state index contributed by atoms with van der Waals surface area (Å²) in [7, 11) is 1.77. The number of nitrogens with one attached hydrogen (secondary N) is 1. The molecule has 2 aromatic carbocycles. The summed E-state index contributed by atoms with van der Waals surface area (Å²) >= 11 is 11.2. The van der Waals surface area contributed by atoms with Crippen LogP contribution in [0.5, 0.6) is 5.75 Å². The molecular weight excluding hydrogens is 408 g/mol. The van der Waals surface area contributed by atoms with Crippen molar-refractivity contribution in [2.24, 2.45) is 0 Å². The van der Waals surface area contributed by atoms with Crippen LogP contribution in [0.2, 0.25) is 5.02 Å². The van der Waals surface area contributed by atoms with Gasteiger partial charge in [0.25, 0.3) is 0 Å². The number of aryl methyl sites for hydroxylation is 1. The minimum atomic E-state index is 0.0164. The minimum Gasteiger partial charge on any atom is -0.492 e. The number of amides is 1. The Morgan fingerprint density at radius 3 is 2.59 bits per heavy atom. The molecule has 0 saturated heterocycles.